The largest absolute Gasteiger partial charge is 0.497 e. The molecule has 3 rings (SSSR count). The molecule has 2 aromatic heterocycles. The summed E-state index contributed by atoms with van der Waals surface area (Å²) in [5.41, 5.74) is 2.24. The molecular weight excluding hydrogens is 278 g/mol. The van der Waals surface area contributed by atoms with Crippen molar-refractivity contribution in [1.29, 1.82) is 0 Å². The van der Waals surface area contributed by atoms with Crippen LogP contribution in [0.2, 0.25) is 5.15 Å². The number of hydrogen-bond acceptors (Lipinski definition) is 5. The maximum absolute atomic E-state index is 5.70. The first-order valence-corrected chi connectivity index (χ1v) is 6.25. The maximum Gasteiger partial charge on any atom is 0.187 e. The van der Waals surface area contributed by atoms with E-state index in [1.807, 2.05) is 24.3 Å². The number of aromatic nitrogens is 3. The highest BCUT2D eigenvalue weighted by Gasteiger charge is 2.10. The lowest BCUT2D eigenvalue weighted by atomic mass is 10.1. The number of halogens is 1. The second-order valence-corrected chi connectivity index (χ2v) is 4.43. The van der Waals surface area contributed by atoms with Crippen molar-refractivity contribution >= 4 is 11.6 Å². The van der Waals surface area contributed by atoms with Crippen molar-refractivity contribution < 1.29 is 9.26 Å². The molecule has 0 unspecified atom stereocenters. The van der Waals surface area contributed by atoms with Gasteiger partial charge in [-0.2, -0.15) is 0 Å². The van der Waals surface area contributed by atoms with E-state index < -0.39 is 0 Å². The zero-order chi connectivity index (χ0) is 13.9. The van der Waals surface area contributed by atoms with E-state index in [4.69, 9.17) is 20.9 Å². The third-order valence-electron chi connectivity index (χ3n) is 2.78. The van der Waals surface area contributed by atoms with Crippen LogP contribution in [-0.4, -0.2) is 22.5 Å². The summed E-state index contributed by atoms with van der Waals surface area (Å²) in [6.45, 7) is 0. The van der Waals surface area contributed by atoms with Crippen LogP contribution < -0.4 is 4.74 Å². The third kappa shape index (κ3) is 2.48. The van der Waals surface area contributed by atoms with E-state index >= 15 is 0 Å². The van der Waals surface area contributed by atoms with Crippen LogP contribution in [0.5, 0.6) is 5.75 Å². The summed E-state index contributed by atoms with van der Waals surface area (Å²) in [4.78, 5) is 0. The molecular formula is C14H10ClN3O2. The molecule has 5 nitrogen and oxygen atoms in total. The monoisotopic (exact) mass is 287 g/mol. The second kappa shape index (κ2) is 5.30. The van der Waals surface area contributed by atoms with Gasteiger partial charge in [-0.05, 0) is 36.4 Å². The Morgan fingerprint density at radius 1 is 1.00 bits per heavy atom. The summed E-state index contributed by atoms with van der Waals surface area (Å²) in [7, 11) is 1.63. The Kier molecular flexibility index (Phi) is 3.35. The van der Waals surface area contributed by atoms with E-state index in [1.54, 1.807) is 25.3 Å². The molecule has 0 N–H and O–H groups in total. The smallest absolute Gasteiger partial charge is 0.187 e. The van der Waals surface area contributed by atoms with Crippen LogP contribution in [0.1, 0.15) is 0 Å². The van der Waals surface area contributed by atoms with Crippen molar-refractivity contribution in [3.8, 4) is 28.5 Å². The summed E-state index contributed by atoms with van der Waals surface area (Å²) < 4.78 is 10.4. The van der Waals surface area contributed by atoms with Crippen LogP contribution in [0.15, 0.2) is 47.0 Å². The van der Waals surface area contributed by atoms with Crippen LogP contribution in [0.25, 0.3) is 22.7 Å². The van der Waals surface area contributed by atoms with Crippen molar-refractivity contribution in [2.45, 2.75) is 0 Å². The number of nitrogens with zero attached hydrogens (tertiary/aromatic N) is 3. The van der Waals surface area contributed by atoms with Gasteiger partial charge in [0.1, 0.15) is 17.1 Å². The van der Waals surface area contributed by atoms with Gasteiger partial charge in [0, 0.05) is 11.6 Å². The highest BCUT2D eigenvalue weighted by atomic mass is 35.5. The first-order valence-electron chi connectivity index (χ1n) is 5.87. The van der Waals surface area contributed by atoms with Gasteiger partial charge < -0.3 is 9.26 Å². The standard InChI is InChI=1S/C14H10ClN3O2/c1-19-10-4-2-9(3-5-10)12-8-13(20-18-12)11-6-7-14(15)17-16-11/h2-8H,1H3. The van der Waals surface area contributed by atoms with Gasteiger partial charge in [-0.3, -0.25) is 0 Å². The molecule has 100 valence electrons. The number of rotatable bonds is 3. The maximum atomic E-state index is 5.70. The molecule has 3 aromatic rings. The van der Waals surface area contributed by atoms with Gasteiger partial charge >= 0.3 is 0 Å². The molecule has 0 bridgehead atoms. The Morgan fingerprint density at radius 3 is 2.45 bits per heavy atom. The van der Waals surface area contributed by atoms with Crippen LogP contribution in [0, 0.1) is 0 Å². The van der Waals surface area contributed by atoms with Crippen molar-refractivity contribution in [2.75, 3.05) is 7.11 Å². The van der Waals surface area contributed by atoms with Crippen molar-refractivity contribution in [2.24, 2.45) is 0 Å². The summed E-state index contributed by atoms with van der Waals surface area (Å²) in [5, 5.41) is 12.1. The minimum absolute atomic E-state index is 0.337. The Balaban J connectivity index is 1.91. The van der Waals surface area contributed by atoms with Gasteiger partial charge in [-0.25, -0.2) is 0 Å². The number of methoxy groups -OCH3 is 1. The van der Waals surface area contributed by atoms with Crippen molar-refractivity contribution in [3.63, 3.8) is 0 Å². The van der Waals surface area contributed by atoms with E-state index in [2.05, 4.69) is 15.4 Å². The lowest BCUT2D eigenvalue weighted by Crippen LogP contribution is -1.85. The highest BCUT2D eigenvalue weighted by molar-refractivity contribution is 6.29. The first-order chi connectivity index (χ1) is 9.76. The quantitative estimate of drug-likeness (QED) is 0.738. The zero-order valence-corrected chi connectivity index (χ0v) is 11.3. The Hall–Kier alpha value is -2.40. The predicted molar refractivity (Wildman–Crippen MR) is 74.5 cm³/mol. The molecule has 0 atom stereocenters. The molecule has 6 heteroatoms. The molecule has 0 fully saturated rings. The number of ether oxygens (including phenoxy) is 1. The molecule has 0 saturated carbocycles. The van der Waals surface area contributed by atoms with Gasteiger partial charge in [0.05, 0.1) is 7.11 Å². The summed E-state index contributed by atoms with van der Waals surface area (Å²) in [5.74, 6) is 1.33. The van der Waals surface area contributed by atoms with E-state index in [-0.39, 0.29) is 0 Å². The topological polar surface area (TPSA) is 61.0 Å². The highest BCUT2D eigenvalue weighted by Crippen LogP contribution is 2.26. The molecule has 0 amide bonds. The van der Waals surface area contributed by atoms with Gasteiger partial charge in [-0.15, -0.1) is 10.2 Å². The fourth-order valence-electron chi connectivity index (χ4n) is 1.74. The first kappa shape index (κ1) is 12.6. The van der Waals surface area contributed by atoms with Crippen LogP contribution >= 0.6 is 11.6 Å². The average Bonchev–Trinajstić information content (AvgIpc) is 2.98. The predicted octanol–water partition coefficient (Wildman–Crippen LogP) is 3.46. The van der Waals surface area contributed by atoms with Crippen LogP contribution in [0.3, 0.4) is 0 Å². The minimum Gasteiger partial charge on any atom is -0.497 e. The lowest BCUT2D eigenvalue weighted by Gasteiger charge is -1.99. The molecule has 0 radical (unpaired) electrons. The Morgan fingerprint density at radius 2 is 1.80 bits per heavy atom. The molecule has 1 aromatic carbocycles. The molecule has 2 heterocycles. The SMILES string of the molecule is COc1ccc(-c2cc(-c3ccc(Cl)nn3)on2)cc1. The van der Waals surface area contributed by atoms with E-state index in [9.17, 15) is 0 Å². The van der Waals surface area contributed by atoms with Crippen LogP contribution in [0.4, 0.5) is 0 Å². The molecule has 0 aliphatic rings. The fraction of sp³-hybridized carbons (Fsp3) is 0.0714. The summed E-state index contributed by atoms with van der Waals surface area (Å²) in [6, 6.07) is 12.7. The second-order valence-electron chi connectivity index (χ2n) is 4.05. The van der Waals surface area contributed by atoms with Crippen LogP contribution in [-0.2, 0) is 0 Å². The van der Waals surface area contributed by atoms with Crippen molar-refractivity contribution in [1.82, 2.24) is 15.4 Å². The lowest BCUT2D eigenvalue weighted by molar-refractivity contribution is 0.414. The summed E-state index contributed by atoms with van der Waals surface area (Å²) in [6.07, 6.45) is 0. The fourth-order valence-corrected chi connectivity index (χ4v) is 1.84. The van der Waals surface area contributed by atoms with E-state index in [0.29, 0.717) is 16.6 Å². The third-order valence-corrected chi connectivity index (χ3v) is 2.98. The summed E-state index contributed by atoms with van der Waals surface area (Å²) >= 11 is 5.70. The molecule has 0 aliphatic heterocycles. The Labute approximate surface area is 120 Å². The van der Waals surface area contributed by atoms with Gasteiger partial charge in [0.25, 0.3) is 0 Å². The minimum atomic E-state index is 0.337. The number of benzene rings is 1. The van der Waals surface area contributed by atoms with E-state index in [0.717, 1.165) is 17.0 Å². The number of hydrogen-bond donors (Lipinski definition) is 0. The van der Waals surface area contributed by atoms with Gasteiger partial charge in [-0.1, -0.05) is 16.8 Å². The van der Waals surface area contributed by atoms with Gasteiger partial charge in [0.2, 0.25) is 0 Å². The normalized spacial score (nSPS) is 10.5. The molecule has 0 spiro atoms. The zero-order valence-electron chi connectivity index (χ0n) is 10.6. The van der Waals surface area contributed by atoms with Gasteiger partial charge in [0.15, 0.2) is 10.9 Å². The van der Waals surface area contributed by atoms with Crippen molar-refractivity contribution in [3.05, 3.63) is 47.6 Å². The van der Waals surface area contributed by atoms with E-state index in [1.165, 1.54) is 0 Å². The Bertz CT molecular complexity index is 708. The molecule has 0 saturated heterocycles. The average molecular weight is 288 g/mol. The molecule has 0 aliphatic carbocycles. The molecule has 20 heavy (non-hydrogen) atoms.